The topological polar surface area (TPSA) is 81.4 Å². The zero-order valence-corrected chi connectivity index (χ0v) is 13.7. The fraction of sp³-hybridized carbons (Fsp3) is 0.286. The first-order valence-corrected chi connectivity index (χ1v) is 8.65. The van der Waals surface area contributed by atoms with Crippen LogP contribution in [-0.4, -0.2) is 15.5 Å². The second kappa shape index (κ2) is 6.05. The summed E-state index contributed by atoms with van der Waals surface area (Å²) in [5.41, 5.74) is 5.97. The highest BCUT2D eigenvalue weighted by Crippen LogP contribution is 2.27. The van der Waals surface area contributed by atoms with Crippen molar-refractivity contribution in [3.63, 3.8) is 0 Å². The average molecular weight is 326 g/mol. The van der Waals surface area contributed by atoms with E-state index in [1.807, 2.05) is 26.0 Å². The number of hydrogen-bond donors (Lipinski definition) is 2. The Balaban J connectivity index is 2.26. The molecule has 0 saturated heterocycles. The number of nitrogens with one attached hydrogen (secondary N) is 1. The van der Waals surface area contributed by atoms with Gasteiger partial charge < -0.3 is 10.5 Å². The molecule has 5 nitrogen and oxygen atoms in total. The Kier molecular flexibility index (Phi) is 4.55. The van der Waals surface area contributed by atoms with Gasteiger partial charge in [-0.1, -0.05) is 0 Å². The Morgan fingerprint density at radius 2 is 2.00 bits per heavy atom. The molecule has 3 N–H and O–H groups in total. The van der Waals surface area contributed by atoms with E-state index in [1.54, 1.807) is 17.4 Å². The highest BCUT2D eigenvalue weighted by atomic mass is 32.2. The van der Waals surface area contributed by atoms with E-state index >= 15 is 0 Å². The number of rotatable bonds is 5. The number of thiophene rings is 1. The number of methoxy groups -OCH3 is 1. The maximum atomic E-state index is 12.4. The van der Waals surface area contributed by atoms with Crippen LogP contribution in [0.2, 0.25) is 0 Å². The lowest BCUT2D eigenvalue weighted by Crippen LogP contribution is -2.27. The van der Waals surface area contributed by atoms with E-state index in [1.165, 1.54) is 19.2 Å². The summed E-state index contributed by atoms with van der Waals surface area (Å²) in [4.78, 5) is 2.16. The van der Waals surface area contributed by atoms with Crippen LogP contribution in [0.5, 0.6) is 5.75 Å². The average Bonchev–Trinajstić information content (AvgIpc) is 2.84. The summed E-state index contributed by atoms with van der Waals surface area (Å²) < 4.78 is 32.5. The van der Waals surface area contributed by atoms with Crippen LogP contribution >= 0.6 is 11.3 Å². The third kappa shape index (κ3) is 3.55. The van der Waals surface area contributed by atoms with Crippen molar-refractivity contribution >= 4 is 27.0 Å². The van der Waals surface area contributed by atoms with Crippen LogP contribution in [0.15, 0.2) is 35.2 Å². The fourth-order valence-electron chi connectivity index (χ4n) is 1.94. The van der Waals surface area contributed by atoms with Crippen LogP contribution in [0, 0.1) is 6.92 Å². The van der Waals surface area contributed by atoms with E-state index in [2.05, 4.69) is 4.72 Å². The van der Waals surface area contributed by atoms with Crippen molar-refractivity contribution in [3.05, 3.63) is 40.1 Å². The molecule has 1 atom stereocenters. The van der Waals surface area contributed by atoms with Crippen molar-refractivity contribution in [2.45, 2.75) is 24.8 Å². The Hall–Kier alpha value is -1.57. The molecular formula is C14H18N2O3S2. The molecule has 2 rings (SSSR count). The lowest BCUT2D eigenvalue weighted by molar-refractivity contribution is 0.414. The zero-order valence-electron chi connectivity index (χ0n) is 12.1. The molecule has 0 saturated carbocycles. The zero-order chi connectivity index (χ0) is 15.6. The number of anilines is 1. The first kappa shape index (κ1) is 15.8. The van der Waals surface area contributed by atoms with Gasteiger partial charge >= 0.3 is 0 Å². The van der Waals surface area contributed by atoms with E-state index in [9.17, 15) is 8.42 Å². The van der Waals surface area contributed by atoms with Crippen LogP contribution in [0.4, 0.5) is 5.69 Å². The molecule has 0 bridgehead atoms. The number of sulfonamides is 1. The molecule has 1 aromatic carbocycles. The minimum absolute atomic E-state index is 0.0587. The second-order valence-electron chi connectivity index (χ2n) is 4.70. The maximum absolute atomic E-state index is 12.4. The van der Waals surface area contributed by atoms with Crippen molar-refractivity contribution in [2.24, 2.45) is 0 Å². The Labute approximate surface area is 128 Å². The predicted octanol–water partition coefficient (Wildman–Crippen LogP) is 2.69. The largest absolute Gasteiger partial charge is 0.497 e. The van der Waals surface area contributed by atoms with Gasteiger partial charge in [-0.15, -0.1) is 11.3 Å². The molecule has 2 aromatic rings. The normalized spacial score (nSPS) is 13.1. The predicted molar refractivity (Wildman–Crippen MR) is 85.2 cm³/mol. The van der Waals surface area contributed by atoms with Gasteiger partial charge in [0.15, 0.2) is 0 Å². The van der Waals surface area contributed by atoms with Gasteiger partial charge in [0.25, 0.3) is 0 Å². The van der Waals surface area contributed by atoms with Gasteiger partial charge in [-0.05, 0) is 38.1 Å². The molecule has 0 aliphatic rings. The number of hydrogen-bond acceptors (Lipinski definition) is 5. The van der Waals surface area contributed by atoms with Crippen LogP contribution in [-0.2, 0) is 10.0 Å². The minimum atomic E-state index is -3.68. The van der Waals surface area contributed by atoms with Crippen LogP contribution in [0.3, 0.4) is 0 Å². The highest BCUT2D eigenvalue weighted by molar-refractivity contribution is 7.89. The van der Waals surface area contributed by atoms with Gasteiger partial charge in [0, 0.05) is 15.8 Å². The Morgan fingerprint density at radius 1 is 1.29 bits per heavy atom. The van der Waals surface area contributed by atoms with Gasteiger partial charge in [0.1, 0.15) is 10.6 Å². The first-order chi connectivity index (χ1) is 9.83. The maximum Gasteiger partial charge on any atom is 0.243 e. The molecule has 0 aliphatic heterocycles. The molecule has 0 fully saturated rings. The quantitative estimate of drug-likeness (QED) is 0.828. The van der Waals surface area contributed by atoms with E-state index in [4.69, 9.17) is 10.5 Å². The van der Waals surface area contributed by atoms with Crippen LogP contribution in [0.1, 0.15) is 22.7 Å². The summed E-state index contributed by atoms with van der Waals surface area (Å²) in [6.07, 6.45) is 0. The van der Waals surface area contributed by atoms with Crippen molar-refractivity contribution in [3.8, 4) is 5.75 Å². The van der Waals surface area contributed by atoms with Gasteiger partial charge in [0.2, 0.25) is 10.0 Å². The summed E-state index contributed by atoms with van der Waals surface area (Å²) in [6.45, 7) is 3.79. The number of nitrogen functional groups attached to an aromatic ring is 1. The standard InChI is InChI=1S/C14H18N2O3S2/c1-9-4-6-13(20-9)10(2)16-21(17,18)14-7-5-11(19-3)8-12(14)15/h4-8,10,16H,15H2,1-3H3. The van der Waals surface area contributed by atoms with Gasteiger partial charge in [-0.3, -0.25) is 0 Å². The molecule has 0 spiro atoms. The summed E-state index contributed by atoms with van der Waals surface area (Å²) in [6, 6.07) is 8.09. The lowest BCUT2D eigenvalue weighted by Gasteiger charge is -2.14. The summed E-state index contributed by atoms with van der Waals surface area (Å²) in [5, 5.41) is 0. The third-order valence-electron chi connectivity index (χ3n) is 3.03. The van der Waals surface area contributed by atoms with E-state index in [0.717, 1.165) is 9.75 Å². The second-order valence-corrected chi connectivity index (χ2v) is 7.70. The molecule has 21 heavy (non-hydrogen) atoms. The number of aryl methyl sites for hydroxylation is 1. The molecule has 0 aliphatic carbocycles. The molecule has 114 valence electrons. The van der Waals surface area contributed by atoms with Gasteiger partial charge in [0.05, 0.1) is 18.8 Å². The molecule has 0 amide bonds. The molecule has 1 unspecified atom stereocenters. The Bertz CT molecular complexity index is 738. The monoisotopic (exact) mass is 326 g/mol. The van der Waals surface area contributed by atoms with Crippen molar-refractivity contribution in [2.75, 3.05) is 12.8 Å². The molecule has 0 radical (unpaired) electrons. The van der Waals surface area contributed by atoms with E-state index < -0.39 is 10.0 Å². The number of benzene rings is 1. The number of nitrogens with two attached hydrogens (primary N) is 1. The molecule has 1 aromatic heterocycles. The molecule has 7 heteroatoms. The molecular weight excluding hydrogens is 308 g/mol. The summed E-state index contributed by atoms with van der Waals surface area (Å²) in [7, 11) is -2.18. The lowest BCUT2D eigenvalue weighted by atomic mass is 10.3. The van der Waals surface area contributed by atoms with Gasteiger partial charge in [-0.25, -0.2) is 13.1 Å². The fourth-order valence-corrected chi connectivity index (χ4v) is 4.23. The van der Waals surface area contributed by atoms with Crippen molar-refractivity contribution in [1.29, 1.82) is 0 Å². The number of ether oxygens (including phenoxy) is 1. The van der Waals surface area contributed by atoms with Crippen LogP contribution < -0.4 is 15.2 Å². The first-order valence-electron chi connectivity index (χ1n) is 6.35. The Morgan fingerprint density at radius 3 is 2.52 bits per heavy atom. The van der Waals surface area contributed by atoms with Crippen molar-refractivity contribution in [1.82, 2.24) is 4.72 Å². The van der Waals surface area contributed by atoms with Crippen LogP contribution in [0.25, 0.3) is 0 Å². The molecule has 1 heterocycles. The van der Waals surface area contributed by atoms with Crippen molar-refractivity contribution < 1.29 is 13.2 Å². The third-order valence-corrected chi connectivity index (χ3v) is 5.82. The van der Waals surface area contributed by atoms with Gasteiger partial charge in [-0.2, -0.15) is 0 Å². The smallest absolute Gasteiger partial charge is 0.243 e. The van der Waals surface area contributed by atoms with E-state index in [-0.39, 0.29) is 16.6 Å². The summed E-state index contributed by atoms with van der Waals surface area (Å²) >= 11 is 1.56. The SMILES string of the molecule is COc1ccc(S(=O)(=O)NC(C)c2ccc(C)s2)c(N)c1. The highest BCUT2D eigenvalue weighted by Gasteiger charge is 2.21. The van der Waals surface area contributed by atoms with E-state index in [0.29, 0.717) is 5.75 Å². The minimum Gasteiger partial charge on any atom is -0.497 e. The summed E-state index contributed by atoms with van der Waals surface area (Å²) in [5.74, 6) is 0.522.